The Labute approximate surface area is 165 Å². The van der Waals surface area contributed by atoms with Crippen molar-refractivity contribution in [1.82, 2.24) is 19.7 Å². The molecule has 1 unspecified atom stereocenters. The summed E-state index contributed by atoms with van der Waals surface area (Å²) in [6.07, 6.45) is 3.11. The zero-order valence-electron chi connectivity index (χ0n) is 16.8. The SMILES string of the molecule is COc1cc(CN2CCc3nnc(C4CCCO4)n3CC2)cc(OC)c1OC. The van der Waals surface area contributed by atoms with E-state index in [4.69, 9.17) is 18.9 Å². The summed E-state index contributed by atoms with van der Waals surface area (Å²) in [6, 6.07) is 4.04. The van der Waals surface area contributed by atoms with Crippen molar-refractivity contribution in [3.63, 3.8) is 0 Å². The topological polar surface area (TPSA) is 70.9 Å². The van der Waals surface area contributed by atoms with Gasteiger partial charge in [0, 0.05) is 39.2 Å². The average Bonchev–Trinajstić information content (AvgIpc) is 3.34. The number of fused-ring (bicyclic) bond motifs is 1. The van der Waals surface area contributed by atoms with E-state index in [0.29, 0.717) is 17.2 Å². The maximum atomic E-state index is 5.82. The standard InChI is InChI=1S/C20H28N4O4/c1-25-16-11-14(12-17(26-2)19(16)27-3)13-23-7-6-18-21-22-20(24(18)9-8-23)15-5-4-10-28-15/h11-12,15H,4-10,13H2,1-3H3. The fraction of sp³-hybridized carbons (Fsp3) is 0.600. The highest BCUT2D eigenvalue weighted by Crippen LogP contribution is 2.38. The lowest BCUT2D eigenvalue weighted by Gasteiger charge is -2.21. The number of methoxy groups -OCH3 is 3. The van der Waals surface area contributed by atoms with E-state index < -0.39 is 0 Å². The van der Waals surface area contributed by atoms with Crippen molar-refractivity contribution >= 4 is 0 Å². The highest BCUT2D eigenvalue weighted by Gasteiger charge is 2.27. The highest BCUT2D eigenvalue weighted by atomic mass is 16.5. The summed E-state index contributed by atoms with van der Waals surface area (Å²) >= 11 is 0. The predicted octanol–water partition coefficient (Wildman–Crippen LogP) is 2.21. The number of ether oxygens (including phenoxy) is 4. The van der Waals surface area contributed by atoms with Crippen LogP contribution in [0.5, 0.6) is 17.2 Å². The lowest BCUT2D eigenvalue weighted by Crippen LogP contribution is -2.27. The largest absolute Gasteiger partial charge is 0.493 e. The zero-order chi connectivity index (χ0) is 19.5. The van der Waals surface area contributed by atoms with Gasteiger partial charge in [-0.05, 0) is 30.5 Å². The summed E-state index contributed by atoms with van der Waals surface area (Å²) in [7, 11) is 4.91. The van der Waals surface area contributed by atoms with Gasteiger partial charge in [-0.1, -0.05) is 0 Å². The number of rotatable bonds is 6. The third kappa shape index (κ3) is 3.66. The first-order valence-electron chi connectivity index (χ1n) is 9.78. The van der Waals surface area contributed by atoms with Crippen LogP contribution in [0.1, 0.15) is 36.2 Å². The van der Waals surface area contributed by atoms with Gasteiger partial charge in [-0.3, -0.25) is 4.90 Å². The minimum Gasteiger partial charge on any atom is -0.493 e. The van der Waals surface area contributed by atoms with Gasteiger partial charge >= 0.3 is 0 Å². The molecule has 2 aromatic rings. The molecule has 0 amide bonds. The van der Waals surface area contributed by atoms with Crippen LogP contribution in [0, 0.1) is 0 Å². The van der Waals surface area contributed by atoms with Crippen molar-refractivity contribution in [2.45, 2.75) is 38.5 Å². The second-order valence-corrected chi connectivity index (χ2v) is 7.19. The van der Waals surface area contributed by atoms with E-state index in [0.717, 1.165) is 69.3 Å². The molecule has 152 valence electrons. The number of nitrogens with zero attached hydrogens (tertiary/aromatic N) is 4. The first-order valence-corrected chi connectivity index (χ1v) is 9.78. The number of hydrogen-bond acceptors (Lipinski definition) is 7. The molecule has 0 N–H and O–H groups in total. The fourth-order valence-electron chi connectivity index (χ4n) is 4.05. The Morgan fingerprint density at radius 3 is 2.46 bits per heavy atom. The van der Waals surface area contributed by atoms with Crippen LogP contribution in [0.2, 0.25) is 0 Å². The molecule has 0 radical (unpaired) electrons. The van der Waals surface area contributed by atoms with Crippen molar-refractivity contribution < 1.29 is 18.9 Å². The Hall–Kier alpha value is -2.32. The lowest BCUT2D eigenvalue weighted by molar-refractivity contribution is 0.101. The van der Waals surface area contributed by atoms with Gasteiger partial charge in [0.25, 0.3) is 0 Å². The molecular weight excluding hydrogens is 360 g/mol. The molecule has 0 bridgehead atoms. The van der Waals surface area contributed by atoms with Crippen molar-refractivity contribution in [3.8, 4) is 17.2 Å². The smallest absolute Gasteiger partial charge is 0.203 e. The third-order valence-electron chi connectivity index (χ3n) is 5.50. The Morgan fingerprint density at radius 2 is 1.82 bits per heavy atom. The molecular formula is C20H28N4O4. The van der Waals surface area contributed by atoms with E-state index in [1.54, 1.807) is 21.3 Å². The van der Waals surface area contributed by atoms with Gasteiger partial charge < -0.3 is 23.5 Å². The Balaban J connectivity index is 1.48. The third-order valence-corrected chi connectivity index (χ3v) is 5.50. The molecule has 8 nitrogen and oxygen atoms in total. The molecule has 2 aliphatic heterocycles. The summed E-state index contributed by atoms with van der Waals surface area (Å²) in [5.41, 5.74) is 1.13. The van der Waals surface area contributed by atoms with Crippen molar-refractivity contribution in [1.29, 1.82) is 0 Å². The summed E-state index contributed by atoms with van der Waals surface area (Å²) in [5.74, 6) is 4.03. The van der Waals surface area contributed by atoms with E-state index in [2.05, 4.69) is 19.7 Å². The van der Waals surface area contributed by atoms with Gasteiger partial charge in [-0.15, -0.1) is 10.2 Å². The molecule has 1 saturated heterocycles. The van der Waals surface area contributed by atoms with Crippen LogP contribution in [0.4, 0.5) is 0 Å². The van der Waals surface area contributed by atoms with Crippen molar-refractivity contribution in [2.24, 2.45) is 0 Å². The minimum absolute atomic E-state index is 0.0999. The molecule has 3 heterocycles. The molecule has 0 spiro atoms. The Kier molecular flexibility index (Phi) is 5.68. The monoisotopic (exact) mass is 388 g/mol. The van der Waals surface area contributed by atoms with E-state index >= 15 is 0 Å². The van der Waals surface area contributed by atoms with E-state index in [9.17, 15) is 0 Å². The molecule has 1 atom stereocenters. The quantitative estimate of drug-likeness (QED) is 0.751. The van der Waals surface area contributed by atoms with E-state index in [1.807, 2.05) is 12.1 Å². The minimum atomic E-state index is 0.0999. The van der Waals surface area contributed by atoms with Crippen molar-refractivity contribution in [3.05, 3.63) is 29.3 Å². The molecule has 4 rings (SSSR count). The second kappa shape index (κ2) is 8.36. The fourth-order valence-corrected chi connectivity index (χ4v) is 4.05. The van der Waals surface area contributed by atoms with Gasteiger partial charge in [0.2, 0.25) is 5.75 Å². The molecule has 1 fully saturated rings. The lowest BCUT2D eigenvalue weighted by atomic mass is 10.1. The van der Waals surface area contributed by atoms with Gasteiger partial charge in [0.05, 0.1) is 21.3 Å². The maximum Gasteiger partial charge on any atom is 0.203 e. The normalized spacial score (nSPS) is 19.9. The number of hydrogen-bond donors (Lipinski definition) is 0. The molecule has 1 aromatic carbocycles. The first-order chi connectivity index (χ1) is 13.7. The van der Waals surface area contributed by atoms with Crippen LogP contribution < -0.4 is 14.2 Å². The maximum absolute atomic E-state index is 5.82. The van der Waals surface area contributed by atoms with E-state index in [-0.39, 0.29) is 6.10 Å². The molecule has 0 saturated carbocycles. The zero-order valence-corrected chi connectivity index (χ0v) is 16.8. The van der Waals surface area contributed by atoms with E-state index in [1.165, 1.54) is 0 Å². The summed E-state index contributed by atoms with van der Waals surface area (Å²) in [6.45, 7) is 4.37. The summed E-state index contributed by atoms with van der Waals surface area (Å²) in [4.78, 5) is 2.43. The number of aromatic nitrogens is 3. The highest BCUT2D eigenvalue weighted by molar-refractivity contribution is 5.53. The van der Waals surface area contributed by atoms with Crippen LogP contribution in [0.15, 0.2) is 12.1 Å². The Bertz CT molecular complexity index is 792. The van der Waals surface area contributed by atoms with Gasteiger partial charge in [0.1, 0.15) is 11.9 Å². The van der Waals surface area contributed by atoms with Crippen LogP contribution >= 0.6 is 0 Å². The summed E-state index contributed by atoms with van der Waals surface area (Å²) in [5, 5.41) is 8.85. The predicted molar refractivity (Wildman–Crippen MR) is 103 cm³/mol. The first kappa shape index (κ1) is 19.0. The average molecular weight is 388 g/mol. The molecule has 2 aliphatic rings. The molecule has 1 aromatic heterocycles. The molecule has 8 heteroatoms. The second-order valence-electron chi connectivity index (χ2n) is 7.19. The van der Waals surface area contributed by atoms with Crippen LogP contribution in [0.25, 0.3) is 0 Å². The molecule has 0 aliphatic carbocycles. The van der Waals surface area contributed by atoms with Crippen LogP contribution in [0.3, 0.4) is 0 Å². The van der Waals surface area contributed by atoms with Crippen molar-refractivity contribution in [2.75, 3.05) is 41.0 Å². The van der Waals surface area contributed by atoms with Gasteiger partial charge in [-0.25, -0.2) is 0 Å². The Morgan fingerprint density at radius 1 is 1.04 bits per heavy atom. The number of benzene rings is 1. The van der Waals surface area contributed by atoms with Gasteiger partial charge in [0.15, 0.2) is 17.3 Å². The van der Waals surface area contributed by atoms with Crippen LogP contribution in [-0.4, -0.2) is 60.7 Å². The molecule has 28 heavy (non-hydrogen) atoms. The van der Waals surface area contributed by atoms with Crippen LogP contribution in [-0.2, 0) is 24.2 Å². The summed E-state index contributed by atoms with van der Waals surface area (Å²) < 4.78 is 24.5. The van der Waals surface area contributed by atoms with Gasteiger partial charge in [-0.2, -0.15) is 0 Å².